The number of hydrogen-bond acceptors (Lipinski definition) is 2. The van der Waals surface area contributed by atoms with Gasteiger partial charge in [-0.1, -0.05) is 13.8 Å². The number of alkyl halides is 3. The van der Waals surface area contributed by atoms with E-state index >= 15 is 0 Å². The molecule has 2 nitrogen and oxygen atoms in total. The van der Waals surface area contributed by atoms with E-state index in [-0.39, 0.29) is 24.1 Å². The minimum Gasteiger partial charge on any atom is -0.396 e. The van der Waals surface area contributed by atoms with Gasteiger partial charge in [0.1, 0.15) is 5.82 Å². The number of aliphatic hydroxyl groups excluding tert-OH is 1. The van der Waals surface area contributed by atoms with Gasteiger partial charge in [0.2, 0.25) is 0 Å². The van der Waals surface area contributed by atoms with Crippen molar-refractivity contribution in [2.45, 2.75) is 39.4 Å². The zero-order valence-corrected chi connectivity index (χ0v) is 12.2. The van der Waals surface area contributed by atoms with Crippen LogP contribution in [-0.2, 0) is 12.7 Å². The van der Waals surface area contributed by atoms with E-state index in [1.54, 1.807) is 0 Å². The van der Waals surface area contributed by atoms with Crippen LogP contribution in [0.25, 0.3) is 0 Å². The molecule has 0 amide bonds. The first-order valence-corrected chi connectivity index (χ1v) is 6.94. The maximum atomic E-state index is 13.2. The van der Waals surface area contributed by atoms with Crippen LogP contribution in [0.4, 0.5) is 17.6 Å². The minimum absolute atomic E-state index is 0.00392. The van der Waals surface area contributed by atoms with E-state index in [2.05, 4.69) is 5.32 Å². The van der Waals surface area contributed by atoms with Crippen LogP contribution in [0.3, 0.4) is 0 Å². The summed E-state index contributed by atoms with van der Waals surface area (Å²) in [6.45, 7) is 4.50. The molecule has 0 aromatic heterocycles. The molecule has 0 aliphatic rings. The summed E-state index contributed by atoms with van der Waals surface area (Å²) in [4.78, 5) is 0. The summed E-state index contributed by atoms with van der Waals surface area (Å²) in [6.07, 6.45) is -3.05. The van der Waals surface area contributed by atoms with Crippen LogP contribution in [0.5, 0.6) is 0 Å². The average molecular weight is 307 g/mol. The predicted molar refractivity (Wildman–Crippen MR) is 73.2 cm³/mol. The Morgan fingerprint density at radius 3 is 2.19 bits per heavy atom. The van der Waals surface area contributed by atoms with Gasteiger partial charge >= 0.3 is 6.18 Å². The molecule has 0 radical (unpaired) electrons. The quantitative estimate of drug-likeness (QED) is 0.752. The molecule has 21 heavy (non-hydrogen) atoms. The third-order valence-corrected chi connectivity index (χ3v) is 3.95. The number of halogens is 4. The van der Waals surface area contributed by atoms with Gasteiger partial charge in [0, 0.05) is 25.1 Å². The van der Waals surface area contributed by atoms with Crippen molar-refractivity contribution in [3.8, 4) is 0 Å². The van der Waals surface area contributed by atoms with Crippen molar-refractivity contribution < 1.29 is 22.7 Å². The second-order valence-electron chi connectivity index (χ2n) is 5.31. The lowest BCUT2D eigenvalue weighted by Gasteiger charge is -2.29. The summed E-state index contributed by atoms with van der Waals surface area (Å²) in [5, 5.41) is 12.4. The van der Waals surface area contributed by atoms with Crippen LogP contribution in [0.1, 0.15) is 37.8 Å². The molecule has 0 aliphatic heterocycles. The van der Waals surface area contributed by atoms with Crippen LogP contribution in [0.15, 0.2) is 18.2 Å². The van der Waals surface area contributed by atoms with Crippen LogP contribution in [0, 0.1) is 11.2 Å². The van der Waals surface area contributed by atoms with E-state index in [1.807, 2.05) is 13.8 Å². The lowest BCUT2D eigenvalue weighted by molar-refractivity contribution is -0.137. The first-order valence-electron chi connectivity index (χ1n) is 6.94. The highest BCUT2D eigenvalue weighted by molar-refractivity contribution is 5.26. The van der Waals surface area contributed by atoms with Crippen LogP contribution < -0.4 is 5.32 Å². The van der Waals surface area contributed by atoms with E-state index in [4.69, 9.17) is 0 Å². The van der Waals surface area contributed by atoms with Crippen molar-refractivity contribution in [2.24, 2.45) is 5.41 Å². The fourth-order valence-electron chi connectivity index (χ4n) is 2.17. The monoisotopic (exact) mass is 307 g/mol. The van der Waals surface area contributed by atoms with Gasteiger partial charge in [0.15, 0.2) is 0 Å². The Labute approximate surface area is 122 Å². The molecule has 0 saturated carbocycles. The Morgan fingerprint density at radius 2 is 1.71 bits per heavy atom. The van der Waals surface area contributed by atoms with E-state index in [1.165, 1.54) is 0 Å². The van der Waals surface area contributed by atoms with E-state index in [0.29, 0.717) is 12.6 Å². The topological polar surface area (TPSA) is 32.3 Å². The Balaban J connectivity index is 2.74. The van der Waals surface area contributed by atoms with Gasteiger partial charge in [-0.3, -0.25) is 0 Å². The van der Waals surface area contributed by atoms with Gasteiger partial charge in [-0.15, -0.1) is 0 Å². The van der Waals surface area contributed by atoms with Crippen LogP contribution >= 0.6 is 0 Å². The van der Waals surface area contributed by atoms with E-state index in [9.17, 15) is 22.7 Å². The first kappa shape index (κ1) is 17.9. The molecular formula is C15H21F4NO. The van der Waals surface area contributed by atoms with Crippen molar-refractivity contribution in [1.29, 1.82) is 0 Å². The molecule has 1 aromatic carbocycles. The highest BCUT2D eigenvalue weighted by Gasteiger charge is 2.31. The van der Waals surface area contributed by atoms with Crippen LogP contribution in [0.2, 0.25) is 0 Å². The van der Waals surface area contributed by atoms with Gasteiger partial charge in [0.05, 0.1) is 5.56 Å². The van der Waals surface area contributed by atoms with Gasteiger partial charge in [-0.2, -0.15) is 13.2 Å². The SMILES string of the molecule is CCC(CC)(CO)CNCc1cc(F)cc(C(F)(F)F)c1. The molecule has 0 bridgehead atoms. The largest absolute Gasteiger partial charge is 0.416 e. The first-order chi connectivity index (χ1) is 9.76. The second kappa shape index (κ2) is 7.22. The molecule has 6 heteroatoms. The Bertz CT molecular complexity index is 447. The van der Waals surface area contributed by atoms with Gasteiger partial charge in [-0.05, 0) is 36.6 Å². The highest BCUT2D eigenvalue weighted by Crippen LogP contribution is 2.30. The Morgan fingerprint density at radius 1 is 1.10 bits per heavy atom. The molecule has 120 valence electrons. The summed E-state index contributed by atoms with van der Waals surface area (Å²) in [5.41, 5.74) is -1.04. The molecule has 0 spiro atoms. The number of benzene rings is 1. The molecule has 0 aliphatic carbocycles. The van der Waals surface area contributed by atoms with Gasteiger partial charge in [-0.25, -0.2) is 4.39 Å². The summed E-state index contributed by atoms with van der Waals surface area (Å²) >= 11 is 0. The summed E-state index contributed by atoms with van der Waals surface area (Å²) < 4.78 is 51.1. The predicted octanol–water partition coefficient (Wildman–Crippen LogP) is 3.73. The molecule has 1 aromatic rings. The fourth-order valence-corrected chi connectivity index (χ4v) is 2.17. The van der Waals surface area contributed by atoms with Crippen molar-refractivity contribution in [3.05, 3.63) is 35.1 Å². The molecule has 1 rings (SSSR count). The van der Waals surface area contributed by atoms with Crippen LogP contribution in [-0.4, -0.2) is 18.3 Å². The maximum absolute atomic E-state index is 13.2. The van der Waals surface area contributed by atoms with Crippen molar-refractivity contribution in [1.82, 2.24) is 5.32 Å². The Hall–Kier alpha value is -1.14. The molecule has 0 unspecified atom stereocenters. The van der Waals surface area contributed by atoms with Crippen molar-refractivity contribution in [3.63, 3.8) is 0 Å². The fraction of sp³-hybridized carbons (Fsp3) is 0.600. The van der Waals surface area contributed by atoms with E-state index in [0.717, 1.165) is 25.0 Å². The molecule has 2 N–H and O–H groups in total. The molecule has 0 saturated heterocycles. The third-order valence-electron chi connectivity index (χ3n) is 3.95. The second-order valence-corrected chi connectivity index (χ2v) is 5.31. The number of hydrogen-bond donors (Lipinski definition) is 2. The lowest BCUT2D eigenvalue weighted by atomic mass is 9.83. The van der Waals surface area contributed by atoms with Gasteiger partial charge in [0.25, 0.3) is 0 Å². The lowest BCUT2D eigenvalue weighted by Crippen LogP contribution is -2.36. The summed E-state index contributed by atoms with van der Waals surface area (Å²) in [5.74, 6) is -0.902. The number of aliphatic hydroxyl groups is 1. The third kappa shape index (κ3) is 4.97. The smallest absolute Gasteiger partial charge is 0.396 e. The summed E-state index contributed by atoms with van der Waals surface area (Å²) in [7, 11) is 0. The Kier molecular flexibility index (Phi) is 6.16. The maximum Gasteiger partial charge on any atom is 0.416 e. The molecule has 0 atom stereocenters. The normalized spacial score (nSPS) is 12.7. The molecule has 0 heterocycles. The number of nitrogens with one attached hydrogen (secondary N) is 1. The zero-order chi connectivity index (χ0) is 16.1. The van der Waals surface area contributed by atoms with E-state index < -0.39 is 17.6 Å². The van der Waals surface area contributed by atoms with Crippen molar-refractivity contribution >= 4 is 0 Å². The summed E-state index contributed by atoms with van der Waals surface area (Å²) in [6, 6.07) is 2.51. The molecular weight excluding hydrogens is 286 g/mol. The highest BCUT2D eigenvalue weighted by atomic mass is 19.4. The molecule has 0 fully saturated rings. The zero-order valence-electron chi connectivity index (χ0n) is 12.2. The van der Waals surface area contributed by atoms with Gasteiger partial charge < -0.3 is 10.4 Å². The standard InChI is InChI=1S/C15H21F4NO/c1-3-14(4-2,10-21)9-20-8-11-5-12(15(17,18)19)7-13(16)6-11/h5-7,20-21H,3-4,8-10H2,1-2H3. The average Bonchev–Trinajstić information content (AvgIpc) is 2.43. The minimum atomic E-state index is -4.56. The number of rotatable bonds is 7. The van der Waals surface area contributed by atoms with Crippen molar-refractivity contribution in [2.75, 3.05) is 13.2 Å².